The molecule has 1 amide bonds. The fourth-order valence-corrected chi connectivity index (χ4v) is 5.57. The van der Waals surface area contributed by atoms with Crippen molar-refractivity contribution in [3.05, 3.63) is 0 Å². The van der Waals surface area contributed by atoms with E-state index in [-0.39, 0.29) is 43.2 Å². The normalized spacial score (nSPS) is 11.8. The quantitative estimate of drug-likeness (QED) is 0.0673. The Morgan fingerprint density at radius 3 is 1.14 bits per heavy atom. The third-order valence-corrected chi connectivity index (χ3v) is 8.91. The van der Waals surface area contributed by atoms with Gasteiger partial charge in [0.25, 0.3) is 0 Å². The Balaban J connectivity index is 3.48. The Labute approximate surface area is 347 Å². The molecule has 3 N–H and O–H groups in total. The molecular formula is C42H77NO15. The van der Waals surface area contributed by atoms with Gasteiger partial charge in [0.1, 0.15) is 11.6 Å². The number of aliphatic carboxylic acids is 2. The molecule has 0 fully saturated rings. The van der Waals surface area contributed by atoms with Gasteiger partial charge in [0.15, 0.2) is 0 Å². The Morgan fingerprint density at radius 1 is 0.431 bits per heavy atom. The molecule has 0 aliphatic carbocycles. The lowest BCUT2D eigenvalue weighted by molar-refractivity contribution is -0.144. The van der Waals surface area contributed by atoms with E-state index < -0.39 is 17.9 Å². The summed E-state index contributed by atoms with van der Waals surface area (Å²) < 4.78 is 43.4. The molecule has 0 saturated heterocycles. The van der Waals surface area contributed by atoms with Gasteiger partial charge in [0.05, 0.1) is 112 Å². The van der Waals surface area contributed by atoms with Crippen LogP contribution in [0.25, 0.3) is 0 Å². The summed E-state index contributed by atoms with van der Waals surface area (Å²) in [6.45, 7) is 8.77. The average molecular weight is 836 g/mol. The van der Waals surface area contributed by atoms with Crippen molar-refractivity contribution in [2.45, 2.75) is 122 Å². The number of ether oxygens (including phenoxy) is 8. The first-order chi connectivity index (χ1) is 28.2. The van der Waals surface area contributed by atoms with Gasteiger partial charge in [0.2, 0.25) is 5.91 Å². The van der Waals surface area contributed by atoms with Crippen LogP contribution in [0.15, 0.2) is 0 Å². The van der Waals surface area contributed by atoms with Crippen LogP contribution in [0.5, 0.6) is 0 Å². The molecule has 0 radical (unpaired) electrons. The fraction of sp³-hybridized carbons (Fsp3) is 0.881. The lowest BCUT2D eigenvalue weighted by Crippen LogP contribution is -2.29. The Bertz CT molecular complexity index is 1000. The highest BCUT2D eigenvalue weighted by atomic mass is 16.6. The highest BCUT2D eigenvalue weighted by Crippen LogP contribution is 2.17. The number of carbonyl (C=O) groups excluding carboxylic acids is 3. The van der Waals surface area contributed by atoms with E-state index >= 15 is 0 Å². The van der Waals surface area contributed by atoms with Gasteiger partial charge in [-0.15, -0.1) is 0 Å². The minimum atomic E-state index is -1.05. The molecule has 0 aliphatic rings. The van der Waals surface area contributed by atoms with E-state index in [0.29, 0.717) is 125 Å². The van der Waals surface area contributed by atoms with E-state index in [0.717, 1.165) is 51.4 Å². The molecule has 0 bridgehead atoms. The molecule has 0 aromatic heterocycles. The Kier molecular flexibility index (Phi) is 42.0. The van der Waals surface area contributed by atoms with Crippen LogP contribution in [0, 0.1) is 5.92 Å². The van der Waals surface area contributed by atoms with Gasteiger partial charge >= 0.3 is 11.9 Å². The van der Waals surface area contributed by atoms with Crippen LogP contribution >= 0.6 is 0 Å². The summed E-state index contributed by atoms with van der Waals surface area (Å²) in [5.74, 6) is -2.86. The van der Waals surface area contributed by atoms with E-state index in [1.807, 2.05) is 0 Å². The molecule has 0 aliphatic heterocycles. The van der Waals surface area contributed by atoms with Gasteiger partial charge in [-0.1, -0.05) is 64.2 Å². The number of Topliss-reactive ketones (excluding diaryl/α,β-unsaturated/α-hetero) is 2. The number of amides is 1. The summed E-state index contributed by atoms with van der Waals surface area (Å²) in [5.41, 5.74) is 0. The van der Waals surface area contributed by atoms with Crippen molar-refractivity contribution >= 4 is 29.4 Å². The van der Waals surface area contributed by atoms with Crippen molar-refractivity contribution in [1.82, 2.24) is 5.32 Å². The van der Waals surface area contributed by atoms with Gasteiger partial charge in [-0.05, 0) is 26.2 Å². The van der Waals surface area contributed by atoms with E-state index in [1.54, 1.807) is 0 Å². The summed E-state index contributed by atoms with van der Waals surface area (Å²) >= 11 is 0. The SMILES string of the molecule is CC(=O)CCOCCOCCOCCOCCOCCOCCOCCOCCNC(=O)CC[C@H](CC(=O)CCCCCCCCCCCCCCC(=O)O)C(=O)O. The van der Waals surface area contributed by atoms with Crippen LogP contribution in [0.2, 0.25) is 0 Å². The van der Waals surface area contributed by atoms with Gasteiger partial charge in [-0.25, -0.2) is 0 Å². The van der Waals surface area contributed by atoms with E-state index in [1.165, 1.54) is 32.6 Å². The van der Waals surface area contributed by atoms with E-state index in [2.05, 4.69) is 5.32 Å². The molecule has 1 atom stereocenters. The monoisotopic (exact) mass is 836 g/mol. The van der Waals surface area contributed by atoms with E-state index in [9.17, 15) is 29.1 Å². The van der Waals surface area contributed by atoms with Crippen LogP contribution in [0.1, 0.15) is 122 Å². The van der Waals surface area contributed by atoms with Gasteiger partial charge in [-0.3, -0.25) is 24.0 Å². The second-order valence-electron chi connectivity index (χ2n) is 14.2. The maximum absolute atomic E-state index is 12.4. The van der Waals surface area contributed by atoms with Crippen LogP contribution in [-0.2, 0) is 61.9 Å². The molecule has 16 heteroatoms. The standard InChI is InChI=1S/C42H77NO15/c1-37(44)18-20-51-22-24-53-26-28-55-30-32-57-34-35-58-33-31-56-29-27-54-25-23-52-21-19-43-40(46)17-16-38(42(49)50)36-39(45)14-12-10-8-6-4-2-3-5-7-9-11-13-15-41(47)48/h38H,2-36H2,1H3,(H,43,46)(H,47,48)(H,49,50)/t38-/m1/s1. The molecule has 0 heterocycles. The van der Waals surface area contributed by atoms with Gasteiger partial charge in [-0.2, -0.15) is 0 Å². The van der Waals surface area contributed by atoms with Crippen molar-refractivity contribution in [1.29, 1.82) is 0 Å². The number of rotatable bonds is 48. The molecule has 16 nitrogen and oxygen atoms in total. The number of ketones is 2. The van der Waals surface area contributed by atoms with Gasteiger partial charge < -0.3 is 53.4 Å². The maximum Gasteiger partial charge on any atom is 0.306 e. The summed E-state index contributed by atoms with van der Waals surface area (Å²) in [6, 6.07) is 0. The maximum atomic E-state index is 12.4. The number of carboxylic acids is 2. The summed E-state index contributed by atoms with van der Waals surface area (Å²) in [4.78, 5) is 57.6. The minimum Gasteiger partial charge on any atom is -0.481 e. The molecule has 0 saturated carbocycles. The summed E-state index contributed by atoms with van der Waals surface area (Å²) in [5, 5.41) is 20.9. The average Bonchev–Trinajstić information content (AvgIpc) is 3.18. The first-order valence-corrected chi connectivity index (χ1v) is 21.6. The first-order valence-electron chi connectivity index (χ1n) is 21.6. The van der Waals surface area contributed by atoms with Crippen LogP contribution < -0.4 is 5.32 Å². The second kappa shape index (κ2) is 44.0. The summed E-state index contributed by atoms with van der Waals surface area (Å²) in [6.07, 6.45) is 13.8. The molecule has 0 spiro atoms. The smallest absolute Gasteiger partial charge is 0.306 e. The van der Waals surface area contributed by atoms with Crippen LogP contribution in [0.3, 0.4) is 0 Å². The molecule has 0 aromatic rings. The van der Waals surface area contributed by atoms with Crippen molar-refractivity contribution < 1.29 is 72.1 Å². The van der Waals surface area contributed by atoms with Crippen LogP contribution in [-0.4, -0.2) is 152 Å². The second-order valence-corrected chi connectivity index (χ2v) is 14.2. The predicted octanol–water partition coefficient (Wildman–Crippen LogP) is 5.20. The Hall–Kier alpha value is -2.57. The highest BCUT2D eigenvalue weighted by Gasteiger charge is 2.22. The van der Waals surface area contributed by atoms with Crippen molar-refractivity contribution in [3.8, 4) is 0 Å². The topological polar surface area (TPSA) is 212 Å². The zero-order valence-corrected chi connectivity index (χ0v) is 35.5. The molecule has 0 aromatic carbocycles. The zero-order chi connectivity index (χ0) is 42.6. The Morgan fingerprint density at radius 2 is 0.776 bits per heavy atom. The molecule has 58 heavy (non-hydrogen) atoms. The largest absolute Gasteiger partial charge is 0.481 e. The number of carboxylic acid groups (broad SMARTS) is 2. The van der Waals surface area contributed by atoms with Crippen molar-refractivity contribution in [2.24, 2.45) is 5.92 Å². The zero-order valence-electron chi connectivity index (χ0n) is 35.5. The third kappa shape index (κ3) is 44.5. The molecule has 340 valence electrons. The highest BCUT2D eigenvalue weighted by molar-refractivity contribution is 5.84. The molecule has 0 rings (SSSR count). The van der Waals surface area contributed by atoms with E-state index in [4.69, 9.17) is 43.0 Å². The van der Waals surface area contributed by atoms with Crippen molar-refractivity contribution in [3.63, 3.8) is 0 Å². The number of hydrogen-bond donors (Lipinski definition) is 3. The summed E-state index contributed by atoms with van der Waals surface area (Å²) in [7, 11) is 0. The molecule has 0 unspecified atom stereocenters. The lowest BCUT2D eigenvalue weighted by Gasteiger charge is -2.12. The van der Waals surface area contributed by atoms with Gasteiger partial charge in [0, 0.05) is 38.6 Å². The fourth-order valence-electron chi connectivity index (χ4n) is 5.57. The number of hydrogen-bond acceptors (Lipinski definition) is 13. The number of unbranched alkanes of at least 4 members (excludes halogenated alkanes) is 11. The van der Waals surface area contributed by atoms with Crippen LogP contribution in [0.4, 0.5) is 0 Å². The first kappa shape index (κ1) is 55.4. The third-order valence-electron chi connectivity index (χ3n) is 8.91. The lowest BCUT2D eigenvalue weighted by atomic mass is 9.94. The molecular weight excluding hydrogens is 758 g/mol. The van der Waals surface area contributed by atoms with Crippen molar-refractivity contribution in [2.75, 3.05) is 112 Å². The minimum absolute atomic E-state index is 0.0353. The number of nitrogens with one attached hydrogen (secondary N) is 1. The predicted molar refractivity (Wildman–Crippen MR) is 217 cm³/mol. The number of carbonyl (C=O) groups is 5.